The minimum absolute atomic E-state index is 0.986. The third kappa shape index (κ3) is 2.56. The van der Waals surface area contributed by atoms with E-state index in [9.17, 15) is 0 Å². The molecule has 2 nitrogen and oxygen atoms in total. The molecule has 0 N–H and O–H groups in total. The number of hydrogen-bond acceptors (Lipinski definition) is 3. The van der Waals surface area contributed by atoms with Gasteiger partial charge in [0.05, 0.1) is 11.2 Å². The molecule has 0 unspecified atom stereocenters. The van der Waals surface area contributed by atoms with Crippen molar-refractivity contribution >= 4 is 56.9 Å². The molecule has 0 spiro atoms. The Balaban J connectivity index is 1.89. The van der Waals surface area contributed by atoms with E-state index in [0.29, 0.717) is 0 Å². The molecule has 26 heavy (non-hydrogen) atoms. The molecule has 128 valence electrons. The third-order valence-electron chi connectivity index (χ3n) is 5.32. The summed E-state index contributed by atoms with van der Waals surface area (Å²) in [6, 6.07) is 15.6. The van der Waals surface area contributed by atoms with Crippen molar-refractivity contribution in [3.05, 3.63) is 70.6 Å². The molecule has 3 aromatic rings. The van der Waals surface area contributed by atoms with Crippen molar-refractivity contribution in [3.63, 3.8) is 0 Å². The van der Waals surface area contributed by atoms with Gasteiger partial charge < -0.3 is 0 Å². The zero-order valence-corrected chi connectivity index (χ0v) is 15.9. The summed E-state index contributed by atoms with van der Waals surface area (Å²) in [5.74, 6) is 0. The van der Waals surface area contributed by atoms with Crippen LogP contribution in [0.3, 0.4) is 0 Å². The van der Waals surface area contributed by atoms with E-state index in [1.807, 2.05) is 0 Å². The number of hydrazone groups is 1. The molecule has 2 aliphatic rings. The smallest absolute Gasteiger partial charge is 0.0995 e. The van der Waals surface area contributed by atoms with Gasteiger partial charge in [-0.3, -0.25) is 0 Å². The van der Waals surface area contributed by atoms with E-state index in [0.717, 1.165) is 12.1 Å². The van der Waals surface area contributed by atoms with Crippen molar-refractivity contribution in [3.8, 4) is 0 Å². The van der Waals surface area contributed by atoms with E-state index < -0.39 is 0 Å². The fourth-order valence-corrected chi connectivity index (χ4v) is 4.87. The van der Waals surface area contributed by atoms with Crippen LogP contribution < -0.4 is 0 Å². The van der Waals surface area contributed by atoms with E-state index in [-0.39, 0.29) is 0 Å². The molecule has 0 bridgehead atoms. The number of thiocarbonyl (C=S) groups is 1. The maximum Gasteiger partial charge on any atom is 0.0995 e. The van der Waals surface area contributed by atoms with Gasteiger partial charge in [0.25, 0.3) is 0 Å². The molecule has 0 fully saturated rings. The summed E-state index contributed by atoms with van der Waals surface area (Å²) in [7, 11) is 0. The highest BCUT2D eigenvalue weighted by atomic mass is 32.2. The number of nitrogens with zero attached hydrogens (tertiary/aromatic N) is 2. The van der Waals surface area contributed by atoms with Crippen LogP contribution in [0.4, 0.5) is 0 Å². The van der Waals surface area contributed by atoms with Crippen molar-refractivity contribution < 1.29 is 0 Å². The fourth-order valence-electron chi connectivity index (χ4n) is 4.17. The lowest BCUT2D eigenvalue weighted by Crippen LogP contribution is -2.13. The zero-order chi connectivity index (χ0) is 17.5. The lowest BCUT2D eigenvalue weighted by molar-refractivity contribution is 0.690. The monoisotopic (exact) mass is 374 g/mol. The Morgan fingerprint density at radius 3 is 2.85 bits per heavy atom. The van der Waals surface area contributed by atoms with Gasteiger partial charge in [-0.15, -0.1) is 0 Å². The van der Waals surface area contributed by atoms with Crippen molar-refractivity contribution in [2.45, 2.75) is 25.7 Å². The minimum Gasteiger partial charge on any atom is -0.198 e. The molecule has 0 aromatic heterocycles. The Labute approximate surface area is 162 Å². The average molecular weight is 375 g/mol. The molecular weight excluding hydrogens is 356 g/mol. The predicted molar refractivity (Wildman–Crippen MR) is 117 cm³/mol. The zero-order valence-electron chi connectivity index (χ0n) is 14.3. The van der Waals surface area contributed by atoms with Gasteiger partial charge in [0, 0.05) is 17.5 Å². The van der Waals surface area contributed by atoms with Crippen molar-refractivity contribution in [1.29, 1.82) is 0 Å². The number of rotatable bonds is 2. The topological polar surface area (TPSA) is 15.6 Å². The van der Waals surface area contributed by atoms with Crippen LogP contribution in [0.2, 0.25) is 0 Å². The first-order chi connectivity index (χ1) is 12.8. The number of aryl methyl sites for hydroxylation is 2. The van der Waals surface area contributed by atoms with Gasteiger partial charge in [-0.05, 0) is 75.9 Å². The summed E-state index contributed by atoms with van der Waals surface area (Å²) in [4.78, 5) is 0. The molecule has 1 heterocycles. The molecule has 0 amide bonds. The van der Waals surface area contributed by atoms with E-state index in [4.69, 9.17) is 17.3 Å². The van der Waals surface area contributed by atoms with Crippen molar-refractivity contribution in [1.82, 2.24) is 4.41 Å². The normalized spacial score (nSPS) is 16.6. The fraction of sp³-hybridized carbons (Fsp3) is 0.182. The number of hydrogen-bond donors (Lipinski definition) is 0. The van der Waals surface area contributed by atoms with Crippen LogP contribution in [0.25, 0.3) is 21.5 Å². The van der Waals surface area contributed by atoms with Crippen LogP contribution in [0, 0.1) is 0 Å². The lowest BCUT2D eigenvalue weighted by atomic mass is 9.83. The van der Waals surface area contributed by atoms with Crippen LogP contribution in [0.15, 0.2) is 59.1 Å². The van der Waals surface area contributed by atoms with Gasteiger partial charge in [0.15, 0.2) is 0 Å². The van der Waals surface area contributed by atoms with Crippen molar-refractivity contribution in [2.24, 2.45) is 5.10 Å². The van der Waals surface area contributed by atoms with E-state index in [1.165, 1.54) is 69.4 Å². The van der Waals surface area contributed by atoms with Crippen LogP contribution in [-0.2, 0) is 12.8 Å². The molecule has 1 aliphatic carbocycles. The Morgan fingerprint density at radius 1 is 1.04 bits per heavy atom. The van der Waals surface area contributed by atoms with Gasteiger partial charge in [-0.25, -0.2) is 0 Å². The molecule has 0 saturated heterocycles. The minimum atomic E-state index is 0.986. The quantitative estimate of drug-likeness (QED) is 0.310. The molecule has 0 radical (unpaired) electrons. The van der Waals surface area contributed by atoms with Gasteiger partial charge in [-0.2, -0.15) is 9.52 Å². The summed E-state index contributed by atoms with van der Waals surface area (Å²) >= 11 is 6.59. The molecular formula is C22H18N2S2. The lowest BCUT2D eigenvalue weighted by Gasteiger charge is -2.22. The number of fused-ring (bicyclic) bond motifs is 5. The van der Waals surface area contributed by atoms with Gasteiger partial charge >= 0.3 is 0 Å². The van der Waals surface area contributed by atoms with Crippen LogP contribution in [0.5, 0.6) is 0 Å². The Bertz CT molecular complexity index is 1100. The summed E-state index contributed by atoms with van der Waals surface area (Å²) in [6.45, 7) is 0. The SMILES string of the molecule is S=CN1N=C(c2cc3ccccc3c3ccc4c(c23)CCCC4)C=CS1. The largest absolute Gasteiger partial charge is 0.198 e. The number of benzene rings is 3. The Kier molecular flexibility index (Phi) is 4.03. The Hall–Kier alpha value is -2.17. The summed E-state index contributed by atoms with van der Waals surface area (Å²) in [5, 5.41) is 12.1. The predicted octanol–water partition coefficient (Wildman–Crippen LogP) is 6.01. The Morgan fingerprint density at radius 2 is 1.92 bits per heavy atom. The van der Waals surface area contributed by atoms with E-state index in [2.05, 4.69) is 53.9 Å². The highest BCUT2D eigenvalue weighted by Gasteiger charge is 2.19. The summed E-state index contributed by atoms with van der Waals surface area (Å²) < 4.78 is 1.75. The van der Waals surface area contributed by atoms with Gasteiger partial charge in [0.1, 0.15) is 0 Å². The third-order valence-corrected chi connectivity index (χ3v) is 6.31. The second kappa shape index (κ2) is 6.53. The summed E-state index contributed by atoms with van der Waals surface area (Å²) in [5.41, 5.74) is 6.81. The standard InChI is InChI=1S/C22H18N2S2/c25-14-24-23-21(11-12-26-24)20-13-16-6-2-3-7-17(16)19-10-9-15-5-1-4-8-18(15)22(19)20/h2-3,6-7,9-14H,1,4-5,8H2. The molecule has 5 rings (SSSR count). The maximum absolute atomic E-state index is 5.08. The maximum atomic E-state index is 5.08. The second-order valence-electron chi connectivity index (χ2n) is 6.78. The van der Waals surface area contributed by atoms with Gasteiger partial charge in [0.2, 0.25) is 0 Å². The average Bonchev–Trinajstić information content (AvgIpc) is 2.72. The first-order valence-corrected chi connectivity index (χ1v) is 10.3. The number of allylic oxidation sites excluding steroid dienone is 1. The van der Waals surface area contributed by atoms with E-state index in [1.54, 1.807) is 9.91 Å². The second-order valence-corrected chi connectivity index (χ2v) is 7.85. The molecule has 1 aliphatic heterocycles. The molecule has 0 atom stereocenters. The highest BCUT2D eigenvalue weighted by Crippen LogP contribution is 2.37. The van der Waals surface area contributed by atoms with Gasteiger partial charge in [-0.1, -0.05) is 48.6 Å². The van der Waals surface area contributed by atoms with Crippen LogP contribution >= 0.6 is 24.2 Å². The first-order valence-electron chi connectivity index (χ1n) is 8.98. The van der Waals surface area contributed by atoms with Crippen LogP contribution in [0.1, 0.15) is 29.5 Å². The molecule has 0 saturated carbocycles. The van der Waals surface area contributed by atoms with Crippen molar-refractivity contribution in [2.75, 3.05) is 0 Å². The van der Waals surface area contributed by atoms with E-state index >= 15 is 0 Å². The highest BCUT2D eigenvalue weighted by molar-refractivity contribution is 8.01. The first kappa shape index (κ1) is 16.0. The molecule has 3 aromatic carbocycles. The summed E-state index contributed by atoms with van der Waals surface area (Å²) in [6.07, 6.45) is 6.99. The van der Waals surface area contributed by atoms with Crippen LogP contribution in [-0.4, -0.2) is 15.6 Å². The molecule has 4 heteroatoms.